The number of benzene rings is 1. The summed E-state index contributed by atoms with van der Waals surface area (Å²) in [6.07, 6.45) is 2.77. The zero-order valence-electron chi connectivity index (χ0n) is 9.59. The van der Waals surface area contributed by atoms with Gasteiger partial charge in [-0.25, -0.2) is 22.9 Å². The van der Waals surface area contributed by atoms with Gasteiger partial charge in [0, 0.05) is 12.4 Å². The Morgan fingerprint density at radius 2 is 2.05 bits per heavy atom. The van der Waals surface area contributed by atoms with Crippen LogP contribution >= 0.6 is 23.2 Å². The first kappa shape index (κ1) is 14.6. The van der Waals surface area contributed by atoms with Crippen molar-refractivity contribution >= 4 is 45.1 Å². The fourth-order valence-corrected chi connectivity index (χ4v) is 3.34. The fourth-order valence-electron chi connectivity index (χ4n) is 1.44. The molecule has 2 aromatic rings. The molecular weight excluding hydrogens is 329 g/mol. The molecule has 0 aliphatic carbocycles. The van der Waals surface area contributed by atoms with Crippen LogP contribution in [0.5, 0.6) is 0 Å². The molecule has 1 aromatic carbocycles. The van der Waals surface area contributed by atoms with Gasteiger partial charge in [0.1, 0.15) is 4.90 Å². The van der Waals surface area contributed by atoms with Crippen LogP contribution in [0.4, 0.5) is 5.95 Å². The van der Waals surface area contributed by atoms with E-state index in [4.69, 9.17) is 28.3 Å². The van der Waals surface area contributed by atoms with Crippen molar-refractivity contribution in [2.45, 2.75) is 4.90 Å². The number of rotatable bonds is 4. The average molecular weight is 336 g/mol. The Bertz CT molecular complexity index is 759. The fraction of sp³-hybridized carbons (Fsp3) is 0. The number of halogens is 2. The molecule has 0 bridgehead atoms. The lowest BCUT2D eigenvalue weighted by Gasteiger charge is -2.10. The van der Waals surface area contributed by atoms with E-state index in [-0.39, 0.29) is 11.0 Å². The number of H-pyrrole nitrogens is 1. The lowest BCUT2D eigenvalue weighted by atomic mass is 10.2. The SMILES string of the molecule is O=C(O)c1c(Cl)ccc(S(=O)(=O)Nc2ncc[nH]2)c1Cl. The number of aromatic amines is 1. The van der Waals surface area contributed by atoms with Crippen molar-refractivity contribution in [2.75, 3.05) is 4.72 Å². The molecule has 20 heavy (non-hydrogen) atoms. The molecule has 2 rings (SSSR count). The van der Waals surface area contributed by atoms with Crippen LogP contribution in [0.15, 0.2) is 29.4 Å². The number of anilines is 1. The number of hydrogen-bond acceptors (Lipinski definition) is 4. The Morgan fingerprint density at radius 1 is 1.35 bits per heavy atom. The predicted octanol–water partition coefficient (Wildman–Crippen LogP) is 2.22. The molecule has 0 spiro atoms. The zero-order chi connectivity index (χ0) is 14.9. The third-order valence-electron chi connectivity index (χ3n) is 2.29. The van der Waals surface area contributed by atoms with E-state index < -0.39 is 31.5 Å². The van der Waals surface area contributed by atoms with E-state index in [2.05, 4.69) is 14.7 Å². The van der Waals surface area contributed by atoms with Gasteiger partial charge in [0.2, 0.25) is 5.95 Å². The molecule has 0 radical (unpaired) electrons. The highest BCUT2D eigenvalue weighted by Gasteiger charge is 2.25. The van der Waals surface area contributed by atoms with Crippen molar-refractivity contribution in [1.82, 2.24) is 9.97 Å². The minimum atomic E-state index is -4.08. The first-order valence-corrected chi connectivity index (χ1v) is 7.30. The van der Waals surface area contributed by atoms with Gasteiger partial charge >= 0.3 is 5.97 Å². The molecule has 1 heterocycles. The van der Waals surface area contributed by atoms with Crippen molar-refractivity contribution in [3.05, 3.63) is 40.1 Å². The number of carboxylic acids is 1. The summed E-state index contributed by atoms with van der Waals surface area (Å²) in [4.78, 5) is 16.9. The van der Waals surface area contributed by atoms with Gasteiger partial charge in [0.15, 0.2) is 0 Å². The lowest BCUT2D eigenvalue weighted by molar-refractivity contribution is 0.0697. The largest absolute Gasteiger partial charge is 0.478 e. The first-order valence-electron chi connectivity index (χ1n) is 5.06. The van der Waals surface area contributed by atoms with E-state index in [0.29, 0.717) is 0 Å². The average Bonchev–Trinajstić information content (AvgIpc) is 2.79. The van der Waals surface area contributed by atoms with Crippen LogP contribution < -0.4 is 4.72 Å². The van der Waals surface area contributed by atoms with Crippen molar-refractivity contribution in [3.8, 4) is 0 Å². The number of sulfonamides is 1. The van der Waals surface area contributed by atoms with E-state index in [9.17, 15) is 13.2 Å². The Hall–Kier alpha value is -1.77. The molecule has 0 aliphatic rings. The van der Waals surface area contributed by atoms with Crippen molar-refractivity contribution in [2.24, 2.45) is 0 Å². The minimum absolute atomic E-state index is 0.0205. The number of aromatic carboxylic acids is 1. The summed E-state index contributed by atoms with van der Waals surface area (Å²) in [5, 5.41) is 8.37. The molecule has 10 heteroatoms. The molecule has 0 fully saturated rings. The van der Waals surface area contributed by atoms with Crippen molar-refractivity contribution < 1.29 is 18.3 Å². The zero-order valence-corrected chi connectivity index (χ0v) is 11.9. The molecular formula is C10H7Cl2N3O4S. The van der Waals surface area contributed by atoms with Gasteiger partial charge in [0.25, 0.3) is 10.0 Å². The molecule has 106 valence electrons. The van der Waals surface area contributed by atoms with Crippen LogP contribution in [0, 0.1) is 0 Å². The quantitative estimate of drug-likeness (QED) is 0.792. The number of hydrogen-bond donors (Lipinski definition) is 3. The predicted molar refractivity (Wildman–Crippen MR) is 72.8 cm³/mol. The van der Waals surface area contributed by atoms with Gasteiger partial charge < -0.3 is 10.1 Å². The molecule has 3 N–H and O–H groups in total. The molecule has 7 nitrogen and oxygen atoms in total. The molecule has 0 amide bonds. The van der Waals surface area contributed by atoms with Crippen LogP contribution in [-0.4, -0.2) is 29.5 Å². The van der Waals surface area contributed by atoms with E-state index in [1.54, 1.807) is 0 Å². The molecule has 0 atom stereocenters. The maximum atomic E-state index is 12.1. The summed E-state index contributed by atoms with van der Waals surface area (Å²) in [7, 11) is -4.08. The Kier molecular flexibility index (Phi) is 3.89. The summed E-state index contributed by atoms with van der Waals surface area (Å²) in [5.74, 6) is -1.44. The third-order valence-corrected chi connectivity index (χ3v) is 4.49. The maximum Gasteiger partial charge on any atom is 0.338 e. The molecule has 0 saturated heterocycles. The second kappa shape index (κ2) is 5.31. The van der Waals surface area contributed by atoms with Crippen LogP contribution in [0.3, 0.4) is 0 Å². The van der Waals surface area contributed by atoms with Gasteiger partial charge in [-0.15, -0.1) is 0 Å². The first-order chi connectivity index (χ1) is 9.33. The monoisotopic (exact) mass is 335 g/mol. The van der Waals surface area contributed by atoms with Gasteiger partial charge in [-0.05, 0) is 12.1 Å². The van der Waals surface area contributed by atoms with E-state index in [1.165, 1.54) is 12.4 Å². The van der Waals surface area contributed by atoms with Crippen molar-refractivity contribution in [1.29, 1.82) is 0 Å². The second-order valence-corrected chi connectivity index (χ2v) is 6.02. The molecule has 1 aromatic heterocycles. The Labute approximate surface area is 123 Å². The van der Waals surface area contributed by atoms with Gasteiger partial charge in [-0.1, -0.05) is 23.2 Å². The van der Waals surface area contributed by atoms with Crippen LogP contribution in [-0.2, 0) is 10.0 Å². The number of aromatic nitrogens is 2. The van der Waals surface area contributed by atoms with Gasteiger partial charge in [0.05, 0.1) is 15.6 Å². The molecule has 0 aliphatic heterocycles. The number of carbonyl (C=O) groups is 1. The summed E-state index contributed by atoms with van der Waals surface area (Å²) in [6, 6.07) is 2.26. The van der Waals surface area contributed by atoms with Crippen LogP contribution in [0.1, 0.15) is 10.4 Å². The summed E-state index contributed by atoms with van der Waals surface area (Å²) < 4.78 is 26.4. The normalized spacial score (nSPS) is 11.3. The van der Waals surface area contributed by atoms with Crippen LogP contribution in [0.25, 0.3) is 0 Å². The summed E-state index contributed by atoms with van der Waals surface area (Å²) in [5.41, 5.74) is -0.476. The minimum Gasteiger partial charge on any atom is -0.478 e. The number of imidazole rings is 1. The second-order valence-electron chi connectivity index (χ2n) is 3.58. The van der Waals surface area contributed by atoms with E-state index in [0.717, 1.165) is 12.1 Å². The van der Waals surface area contributed by atoms with Gasteiger partial charge in [-0.2, -0.15) is 0 Å². The lowest BCUT2D eigenvalue weighted by Crippen LogP contribution is -2.15. The third kappa shape index (κ3) is 2.72. The number of carboxylic acid groups (broad SMARTS) is 1. The van der Waals surface area contributed by atoms with E-state index in [1.807, 2.05) is 0 Å². The maximum absolute atomic E-state index is 12.1. The van der Waals surface area contributed by atoms with Crippen molar-refractivity contribution in [3.63, 3.8) is 0 Å². The number of nitrogens with one attached hydrogen (secondary N) is 2. The van der Waals surface area contributed by atoms with Gasteiger partial charge in [-0.3, -0.25) is 0 Å². The topological polar surface area (TPSA) is 112 Å². The van der Waals surface area contributed by atoms with Crippen LogP contribution in [0.2, 0.25) is 10.0 Å². The highest BCUT2D eigenvalue weighted by molar-refractivity contribution is 7.92. The molecule has 0 saturated carbocycles. The Balaban J connectivity index is 2.53. The highest BCUT2D eigenvalue weighted by Crippen LogP contribution is 2.31. The molecule has 0 unspecified atom stereocenters. The summed E-state index contributed by atoms with van der Waals surface area (Å²) >= 11 is 11.5. The van der Waals surface area contributed by atoms with E-state index >= 15 is 0 Å². The highest BCUT2D eigenvalue weighted by atomic mass is 35.5. The standard InChI is InChI=1S/C10H7Cl2N3O4S/c11-5-1-2-6(8(12)7(5)9(16)17)20(18,19)15-10-13-3-4-14-10/h1-4H,(H,16,17)(H2,13,14,15). The number of nitrogens with zero attached hydrogens (tertiary/aromatic N) is 1. The summed E-state index contributed by atoms with van der Waals surface area (Å²) in [6.45, 7) is 0. The smallest absolute Gasteiger partial charge is 0.338 e. The Morgan fingerprint density at radius 3 is 2.60 bits per heavy atom.